The number of urea groups is 3. The number of likely N-dealkylation sites (tertiary alicyclic amines) is 1. The Hall–Kier alpha value is -4.00. The molecule has 178 valence electrons. The summed E-state index contributed by atoms with van der Waals surface area (Å²) in [6, 6.07) is -4.61. The van der Waals surface area contributed by atoms with E-state index in [4.69, 9.17) is 5.73 Å². The summed E-state index contributed by atoms with van der Waals surface area (Å²) in [7, 11) is -3.54. The van der Waals surface area contributed by atoms with Gasteiger partial charge < -0.3 is 21.2 Å². The zero-order chi connectivity index (χ0) is 24.3. The molecule has 2 aliphatic heterocycles. The Morgan fingerprint density at radius 2 is 1.94 bits per heavy atom. The highest BCUT2D eigenvalue weighted by molar-refractivity contribution is 7.88. The van der Waals surface area contributed by atoms with Gasteiger partial charge in [-0.25, -0.2) is 33.7 Å². The van der Waals surface area contributed by atoms with E-state index in [2.05, 4.69) is 25.6 Å². The molecule has 33 heavy (non-hydrogen) atoms. The smallest absolute Gasteiger partial charge is 0.340 e. The fourth-order valence-electron chi connectivity index (χ4n) is 2.67. The van der Waals surface area contributed by atoms with Crippen molar-refractivity contribution < 1.29 is 37.2 Å². The Morgan fingerprint density at radius 3 is 2.45 bits per heavy atom. The number of nitrogens with zero attached hydrogens (tertiary/aromatic N) is 4. The highest BCUT2D eigenvalue weighted by Gasteiger charge is 2.44. The number of nitrogen functional groups attached to an aromatic ring is 1. The minimum Gasteiger partial charge on any atom is -0.398 e. The Balaban J connectivity index is 1.54. The molecule has 1 aromatic rings. The quantitative estimate of drug-likeness (QED) is 0.151. The van der Waals surface area contributed by atoms with Gasteiger partial charge in [-0.15, -0.1) is 11.3 Å². The first-order valence-corrected chi connectivity index (χ1v) is 11.3. The summed E-state index contributed by atoms with van der Waals surface area (Å²) in [5.41, 5.74) is 5.36. The standard InChI is InChI=1S/C14H17N9O8S2/c1-31-19-8(7-5-32-11(15)18-7)9(24)17-6-4-23(10(6)25)14(28)21-33(29,30)20-13(27)22-3-2-16-12(22)26/h5-6H,2-4H2,1H3,(H2,15,18)(H,16,26)(H,17,24)(H,20,27)(H,21,28)/t6-/m0/s1. The van der Waals surface area contributed by atoms with E-state index in [-0.39, 0.29) is 36.2 Å². The van der Waals surface area contributed by atoms with Gasteiger partial charge in [0.05, 0.1) is 6.54 Å². The summed E-state index contributed by atoms with van der Waals surface area (Å²) >= 11 is 1.05. The number of aromatic nitrogens is 1. The van der Waals surface area contributed by atoms with Crippen molar-refractivity contribution in [3.63, 3.8) is 0 Å². The molecule has 0 bridgehead atoms. The molecule has 2 saturated heterocycles. The van der Waals surface area contributed by atoms with E-state index >= 15 is 0 Å². The van der Waals surface area contributed by atoms with Crippen LogP contribution in [0, 0.1) is 0 Å². The molecule has 0 radical (unpaired) electrons. The number of imide groups is 2. The lowest BCUT2D eigenvalue weighted by Gasteiger charge is -2.36. The summed E-state index contributed by atoms with van der Waals surface area (Å²) in [6.45, 7) is -0.295. The first-order valence-electron chi connectivity index (χ1n) is 8.91. The third-order valence-electron chi connectivity index (χ3n) is 4.19. The molecule has 17 nitrogen and oxygen atoms in total. The van der Waals surface area contributed by atoms with Gasteiger partial charge in [-0.2, -0.15) is 8.42 Å². The second-order valence-electron chi connectivity index (χ2n) is 6.37. The summed E-state index contributed by atoms with van der Waals surface area (Å²) in [5, 5.41) is 9.77. The average Bonchev–Trinajstić information content (AvgIpc) is 3.35. The van der Waals surface area contributed by atoms with E-state index in [0.29, 0.717) is 9.80 Å². The molecule has 0 unspecified atom stereocenters. The largest absolute Gasteiger partial charge is 0.398 e. The molecule has 2 aliphatic rings. The molecule has 0 spiro atoms. The fraction of sp³-hybridized carbons (Fsp3) is 0.357. The van der Waals surface area contributed by atoms with Gasteiger partial charge in [0, 0.05) is 18.5 Å². The Morgan fingerprint density at radius 1 is 1.27 bits per heavy atom. The maximum absolute atomic E-state index is 12.4. The van der Waals surface area contributed by atoms with Gasteiger partial charge in [0.25, 0.3) is 11.8 Å². The van der Waals surface area contributed by atoms with Crippen LogP contribution in [0.15, 0.2) is 10.5 Å². The number of amides is 8. The number of oxime groups is 1. The van der Waals surface area contributed by atoms with Crippen LogP contribution in [0.1, 0.15) is 5.69 Å². The van der Waals surface area contributed by atoms with Crippen molar-refractivity contribution >= 4 is 62.3 Å². The normalized spacial score (nSPS) is 18.3. The van der Waals surface area contributed by atoms with E-state index in [0.717, 1.165) is 11.3 Å². The van der Waals surface area contributed by atoms with E-state index in [1.807, 2.05) is 0 Å². The van der Waals surface area contributed by atoms with Crippen LogP contribution >= 0.6 is 11.3 Å². The van der Waals surface area contributed by atoms with Gasteiger partial charge in [-0.1, -0.05) is 5.16 Å². The van der Waals surface area contributed by atoms with E-state index in [9.17, 15) is 32.4 Å². The van der Waals surface area contributed by atoms with Gasteiger partial charge in [0.2, 0.25) is 0 Å². The number of rotatable bonds is 6. The van der Waals surface area contributed by atoms with E-state index in [1.54, 1.807) is 0 Å². The first-order chi connectivity index (χ1) is 15.5. The van der Waals surface area contributed by atoms with Gasteiger partial charge in [0.15, 0.2) is 10.8 Å². The van der Waals surface area contributed by atoms with Crippen LogP contribution in [0.2, 0.25) is 0 Å². The number of anilines is 1. The van der Waals surface area contributed by atoms with Crippen molar-refractivity contribution in [3.8, 4) is 0 Å². The number of hydrogen-bond acceptors (Lipinski definition) is 12. The lowest BCUT2D eigenvalue weighted by Crippen LogP contribution is -2.68. The first kappa shape index (κ1) is 23.7. The monoisotopic (exact) mass is 503 g/mol. The van der Waals surface area contributed by atoms with E-state index < -0.39 is 46.2 Å². The van der Waals surface area contributed by atoms with Gasteiger partial charge in [-0.3, -0.25) is 14.5 Å². The van der Waals surface area contributed by atoms with Crippen LogP contribution < -0.4 is 25.8 Å². The van der Waals surface area contributed by atoms with Crippen LogP contribution in [0.4, 0.5) is 19.5 Å². The predicted octanol–water partition coefficient (Wildman–Crippen LogP) is -2.91. The molecule has 8 amide bonds. The number of carbonyl (C=O) groups excluding carboxylic acids is 5. The van der Waals surface area contributed by atoms with Crippen molar-refractivity contribution in [3.05, 3.63) is 11.1 Å². The summed E-state index contributed by atoms with van der Waals surface area (Å²) < 4.78 is 26.9. The number of thiazole rings is 1. The lowest BCUT2D eigenvalue weighted by molar-refractivity contribution is -0.141. The van der Waals surface area contributed by atoms with Crippen LogP contribution in [-0.4, -0.2) is 91.6 Å². The molecule has 1 atom stereocenters. The van der Waals surface area contributed by atoms with Crippen LogP contribution in [0.5, 0.6) is 0 Å². The molecule has 0 aromatic carbocycles. The molecule has 6 N–H and O–H groups in total. The van der Waals surface area contributed by atoms with Gasteiger partial charge >= 0.3 is 28.3 Å². The minimum atomic E-state index is -4.74. The second-order valence-corrected chi connectivity index (χ2v) is 8.67. The Kier molecular flexibility index (Phi) is 6.62. The second kappa shape index (κ2) is 9.24. The maximum atomic E-state index is 12.4. The number of nitrogens with one attached hydrogen (secondary N) is 4. The Bertz CT molecular complexity index is 1150. The zero-order valence-electron chi connectivity index (χ0n) is 16.7. The van der Waals surface area contributed by atoms with Crippen molar-refractivity contribution in [1.29, 1.82) is 0 Å². The molecular formula is C14H17N9O8S2. The summed E-state index contributed by atoms with van der Waals surface area (Å²) in [4.78, 5) is 69.6. The highest BCUT2D eigenvalue weighted by Crippen LogP contribution is 2.14. The van der Waals surface area contributed by atoms with Crippen LogP contribution in [-0.2, 0) is 24.6 Å². The van der Waals surface area contributed by atoms with E-state index in [1.165, 1.54) is 21.9 Å². The topological polar surface area (TPSA) is 235 Å². The predicted molar refractivity (Wildman–Crippen MR) is 110 cm³/mol. The zero-order valence-corrected chi connectivity index (χ0v) is 18.4. The van der Waals surface area contributed by atoms with Crippen molar-refractivity contribution in [1.82, 2.24) is 34.9 Å². The molecule has 3 heterocycles. The molecule has 1 aromatic heterocycles. The number of β-lactam (4-membered cyclic amide) rings is 1. The highest BCUT2D eigenvalue weighted by atomic mass is 32.2. The average molecular weight is 503 g/mol. The van der Waals surface area contributed by atoms with Crippen molar-refractivity contribution in [2.75, 3.05) is 32.5 Å². The molecular weight excluding hydrogens is 486 g/mol. The van der Waals surface area contributed by atoms with Crippen molar-refractivity contribution in [2.24, 2.45) is 5.16 Å². The number of nitrogens with two attached hydrogens (primary N) is 1. The molecule has 0 saturated carbocycles. The van der Waals surface area contributed by atoms with Crippen LogP contribution in [0.3, 0.4) is 0 Å². The summed E-state index contributed by atoms with van der Waals surface area (Å²) in [6.07, 6.45) is 0. The third kappa shape index (κ3) is 5.26. The number of hydrogen-bond donors (Lipinski definition) is 5. The number of carbonyl (C=O) groups is 5. The molecule has 19 heteroatoms. The fourth-order valence-corrected chi connectivity index (χ4v) is 3.95. The van der Waals surface area contributed by atoms with Crippen molar-refractivity contribution in [2.45, 2.75) is 6.04 Å². The molecule has 0 aliphatic carbocycles. The lowest BCUT2D eigenvalue weighted by atomic mass is 10.1. The van der Waals surface area contributed by atoms with Gasteiger partial charge in [-0.05, 0) is 0 Å². The minimum absolute atomic E-state index is 0.0675. The molecule has 3 rings (SSSR count). The summed E-state index contributed by atoms with van der Waals surface area (Å²) in [5.74, 6) is -1.76. The third-order valence-corrected chi connectivity index (χ3v) is 5.75. The SMILES string of the molecule is CON=C(C(=O)N[C@H]1CN(C(=O)NS(=O)(=O)NC(=O)N2CCNC2=O)C1=O)c1csc(N)n1. The maximum Gasteiger partial charge on any atom is 0.340 e. The van der Waals surface area contributed by atoms with Crippen LogP contribution in [0.25, 0.3) is 0 Å². The molecule has 2 fully saturated rings. The van der Waals surface area contributed by atoms with Gasteiger partial charge in [0.1, 0.15) is 18.8 Å². The Labute approximate surface area is 189 Å².